The van der Waals surface area contributed by atoms with Gasteiger partial charge in [-0.05, 0) is 6.07 Å². The molecule has 1 aliphatic heterocycles. The van der Waals surface area contributed by atoms with Crippen molar-refractivity contribution in [2.45, 2.75) is 6.10 Å². The number of aliphatic hydroxyl groups is 1. The van der Waals surface area contributed by atoms with Crippen molar-refractivity contribution in [1.29, 1.82) is 0 Å². The van der Waals surface area contributed by atoms with Crippen molar-refractivity contribution in [2.75, 3.05) is 19.5 Å². The smallest absolute Gasteiger partial charge is 0.257 e. The quantitative estimate of drug-likeness (QED) is 0.752. The van der Waals surface area contributed by atoms with Gasteiger partial charge < -0.3 is 19.9 Å². The summed E-state index contributed by atoms with van der Waals surface area (Å²) in [6.45, 7) is 0. The van der Waals surface area contributed by atoms with Gasteiger partial charge in [0.15, 0.2) is 17.6 Å². The third-order valence-electron chi connectivity index (χ3n) is 2.36. The molecule has 0 spiro atoms. The number of fused-ring (bicyclic) bond motifs is 1. The fourth-order valence-corrected chi connectivity index (χ4v) is 1.57. The monoisotopic (exact) mass is 209 g/mol. The number of carbonyl (C=O) groups excluding carboxylic acids is 1. The second kappa shape index (κ2) is 3.43. The van der Waals surface area contributed by atoms with E-state index in [-0.39, 0.29) is 0 Å². The van der Waals surface area contributed by atoms with Gasteiger partial charge in [0, 0.05) is 11.6 Å². The average Bonchev–Trinajstić information content (AvgIpc) is 2.53. The van der Waals surface area contributed by atoms with E-state index in [9.17, 15) is 9.90 Å². The van der Waals surface area contributed by atoms with Crippen LogP contribution in [0, 0.1) is 0 Å². The van der Waals surface area contributed by atoms with Crippen LogP contribution in [-0.2, 0) is 4.79 Å². The Morgan fingerprint density at radius 1 is 1.27 bits per heavy atom. The summed E-state index contributed by atoms with van der Waals surface area (Å²) in [6.07, 6.45) is -1.13. The van der Waals surface area contributed by atoms with E-state index >= 15 is 0 Å². The molecule has 1 unspecified atom stereocenters. The first-order valence-corrected chi connectivity index (χ1v) is 4.42. The second-order valence-electron chi connectivity index (χ2n) is 3.19. The number of amides is 1. The molecule has 0 saturated heterocycles. The van der Waals surface area contributed by atoms with Gasteiger partial charge in [-0.1, -0.05) is 0 Å². The molecular formula is C10H11NO4. The zero-order valence-corrected chi connectivity index (χ0v) is 8.40. The lowest BCUT2D eigenvalue weighted by atomic mass is 10.1. The van der Waals surface area contributed by atoms with Crippen molar-refractivity contribution >= 4 is 11.6 Å². The van der Waals surface area contributed by atoms with E-state index in [1.807, 2.05) is 0 Å². The van der Waals surface area contributed by atoms with Crippen molar-refractivity contribution < 1.29 is 19.4 Å². The van der Waals surface area contributed by atoms with Gasteiger partial charge in [0.25, 0.3) is 5.91 Å². The van der Waals surface area contributed by atoms with Crippen molar-refractivity contribution in [2.24, 2.45) is 0 Å². The molecule has 80 valence electrons. The zero-order chi connectivity index (χ0) is 11.0. The van der Waals surface area contributed by atoms with E-state index in [1.165, 1.54) is 14.2 Å². The maximum absolute atomic E-state index is 11.2. The predicted octanol–water partition coefficient (Wildman–Crippen LogP) is 0.689. The van der Waals surface area contributed by atoms with Gasteiger partial charge in [-0.3, -0.25) is 4.79 Å². The van der Waals surface area contributed by atoms with Gasteiger partial charge in [-0.15, -0.1) is 0 Å². The highest BCUT2D eigenvalue weighted by atomic mass is 16.5. The number of ether oxygens (including phenoxy) is 2. The molecule has 0 saturated carbocycles. The molecule has 1 atom stereocenters. The number of benzene rings is 1. The Hall–Kier alpha value is -1.75. The molecule has 5 heteroatoms. The number of aliphatic hydroxyl groups excluding tert-OH is 1. The highest BCUT2D eigenvalue weighted by Crippen LogP contribution is 2.39. The fourth-order valence-electron chi connectivity index (χ4n) is 1.57. The lowest BCUT2D eigenvalue weighted by molar-refractivity contribution is -0.123. The van der Waals surface area contributed by atoms with Crippen molar-refractivity contribution in [1.82, 2.24) is 0 Å². The minimum absolute atomic E-state index is 0.430. The molecule has 0 aliphatic carbocycles. The lowest BCUT2D eigenvalue weighted by Gasteiger charge is -2.09. The number of rotatable bonds is 2. The minimum atomic E-state index is -1.13. The Bertz CT molecular complexity index is 416. The molecular weight excluding hydrogens is 198 g/mol. The van der Waals surface area contributed by atoms with Gasteiger partial charge in [0.05, 0.1) is 19.9 Å². The summed E-state index contributed by atoms with van der Waals surface area (Å²) in [5.74, 6) is 0.581. The first kappa shape index (κ1) is 9.79. The number of methoxy groups -OCH3 is 2. The molecule has 1 aromatic rings. The van der Waals surface area contributed by atoms with E-state index in [2.05, 4.69) is 5.32 Å². The van der Waals surface area contributed by atoms with Crippen LogP contribution in [0.15, 0.2) is 12.1 Å². The topological polar surface area (TPSA) is 67.8 Å². The van der Waals surface area contributed by atoms with Gasteiger partial charge >= 0.3 is 0 Å². The van der Waals surface area contributed by atoms with E-state index in [4.69, 9.17) is 9.47 Å². The first-order chi connectivity index (χ1) is 7.17. The summed E-state index contributed by atoms with van der Waals surface area (Å²) in [5.41, 5.74) is 1.07. The van der Waals surface area contributed by atoms with Crippen LogP contribution in [0.4, 0.5) is 5.69 Å². The van der Waals surface area contributed by atoms with Crippen LogP contribution in [0.2, 0.25) is 0 Å². The van der Waals surface area contributed by atoms with Gasteiger partial charge in [0.2, 0.25) is 0 Å². The summed E-state index contributed by atoms with van der Waals surface area (Å²) in [5, 5.41) is 12.1. The van der Waals surface area contributed by atoms with Crippen molar-refractivity contribution in [3.05, 3.63) is 17.7 Å². The zero-order valence-electron chi connectivity index (χ0n) is 8.40. The Labute approximate surface area is 86.6 Å². The van der Waals surface area contributed by atoms with Crippen molar-refractivity contribution in [3.63, 3.8) is 0 Å². The highest BCUT2D eigenvalue weighted by molar-refractivity contribution is 6.02. The van der Waals surface area contributed by atoms with Crippen LogP contribution in [0.3, 0.4) is 0 Å². The third kappa shape index (κ3) is 1.41. The van der Waals surface area contributed by atoms with Crippen molar-refractivity contribution in [3.8, 4) is 11.5 Å². The van der Waals surface area contributed by atoms with Crippen LogP contribution < -0.4 is 14.8 Å². The third-order valence-corrected chi connectivity index (χ3v) is 2.36. The Balaban J connectivity index is 2.53. The summed E-state index contributed by atoms with van der Waals surface area (Å²) < 4.78 is 10.1. The molecule has 0 bridgehead atoms. The molecule has 2 N–H and O–H groups in total. The van der Waals surface area contributed by atoms with E-state index in [0.717, 1.165) is 0 Å². The molecule has 2 rings (SSSR count). The fraction of sp³-hybridized carbons (Fsp3) is 0.300. The minimum Gasteiger partial charge on any atom is -0.493 e. The highest BCUT2D eigenvalue weighted by Gasteiger charge is 2.30. The van der Waals surface area contributed by atoms with Crippen LogP contribution in [-0.4, -0.2) is 25.2 Å². The summed E-state index contributed by atoms with van der Waals surface area (Å²) in [7, 11) is 3.01. The van der Waals surface area contributed by atoms with Gasteiger partial charge in [-0.25, -0.2) is 0 Å². The standard InChI is InChI=1S/C10H11NO4/c1-14-7-3-5-6(4-8(7)15-2)11-10(13)9(5)12/h3-4,9,12H,1-2H3,(H,11,13). The number of nitrogens with one attached hydrogen (secondary N) is 1. The Kier molecular flexibility index (Phi) is 2.24. The molecule has 1 heterocycles. The number of hydrogen-bond donors (Lipinski definition) is 2. The molecule has 1 amide bonds. The predicted molar refractivity (Wildman–Crippen MR) is 53.1 cm³/mol. The van der Waals surface area contributed by atoms with E-state index in [1.54, 1.807) is 12.1 Å². The Morgan fingerprint density at radius 2 is 1.87 bits per heavy atom. The number of anilines is 1. The van der Waals surface area contributed by atoms with Crippen LogP contribution in [0.5, 0.6) is 11.5 Å². The van der Waals surface area contributed by atoms with Crippen LogP contribution in [0.25, 0.3) is 0 Å². The lowest BCUT2D eigenvalue weighted by Crippen LogP contribution is -2.10. The number of carbonyl (C=O) groups is 1. The average molecular weight is 209 g/mol. The van der Waals surface area contributed by atoms with Crippen LogP contribution in [0.1, 0.15) is 11.7 Å². The molecule has 5 nitrogen and oxygen atoms in total. The second-order valence-corrected chi connectivity index (χ2v) is 3.19. The SMILES string of the molecule is COc1cc2c(cc1OC)C(O)C(=O)N2. The first-order valence-electron chi connectivity index (χ1n) is 4.42. The van der Waals surface area contributed by atoms with E-state index in [0.29, 0.717) is 22.7 Å². The van der Waals surface area contributed by atoms with Gasteiger partial charge in [-0.2, -0.15) is 0 Å². The summed E-state index contributed by atoms with van der Waals surface area (Å²) in [6, 6.07) is 3.22. The largest absolute Gasteiger partial charge is 0.493 e. The van der Waals surface area contributed by atoms with Crippen LogP contribution >= 0.6 is 0 Å². The molecule has 1 aliphatic rings. The van der Waals surface area contributed by atoms with E-state index < -0.39 is 12.0 Å². The van der Waals surface area contributed by atoms with Gasteiger partial charge in [0.1, 0.15) is 0 Å². The molecule has 0 aromatic heterocycles. The maximum atomic E-state index is 11.2. The summed E-state index contributed by atoms with van der Waals surface area (Å²) in [4.78, 5) is 11.2. The number of hydrogen-bond acceptors (Lipinski definition) is 4. The molecule has 0 fully saturated rings. The molecule has 1 aromatic carbocycles. The normalized spacial score (nSPS) is 18.3. The molecule has 15 heavy (non-hydrogen) atoms. The maximum Gasteiger partial charge on any atom is 0.257 e. The molecule has 0 radical (unpaired) electrons. The summed E-state index contributed by atoms with van der Waals surface area (Å²) >= 11 is 0. The Morgan fingerprint density at radius 3 is 2.47 bits per heavy atom.